The van der Waals surface area contributed by atoms with Crippen molar-refractivity contribution in [1.82, 2.24) is 9.88 Å². The number of likely N-dealkylation sites (N-methyl/N-ethyl adjacent to an activating group) is 1. The van der Waals surface area contributed by atoms with E-state index in [0.29, 0.717) is 35.0 Å². The molecule has 1 aliphatic rings. The molecule has 1 amide bonds. The topological polar surface area (TPSA) is 71.5 Å². The van der Waals surface area contributed by atoms with Crippen LogP contribution in [0.4, 0.5) is 5.69 Å². The zero-order valence-corrected chi connectivity index (χ0v) is 19.7. The molecule has 0 fully saturated rings. The van der Waals surface area contributed by atoms with Gasteiger partial charge in [0.05, 0.1) is 16.6 Å². The number of hydrogen-bond acceptors (Lipinski definition) is 5. The van der Waals surface area contributed by atoms with E-state index >= 15 is 0 Å². The number of fused-ring (bicyclic) bond motifs is 2. The number of benzene rings is 2. The van der Waals surface area contributed by atoms with Crippen molar-refractivity contribution in [1.29, 1.82) is 0 Å². The highest BCUT2D eigenvalue weighted by molar-refractivity contribution is 6.31. The average Bonchev–Trinajstić information content (AvgIpc) is 3.28. The van der Waals surface area contributed by atoms with Crippen molar-refractivity contribution in [2.75, 3.05) is 31.6 Å². The molecule has 0 radical (unpaired) electrons. The first kappa shape index (κ1) is 23.2. The molecule has 6 nitrogen and oxygen atoms in total. The van der Waals surface area contributed by atoms with E-state index in [1.54, 1.807) is 36.4 Å². The number of carbonyl (C=O) groups is 2. The Balaban J connectivity index is 1.48. The third-order valence-corrected chi connectivity index (χ3v) is 6.35. The number of amides is 1. The van der Waals surface area contributed by atoms with Crippen molar-refractivity contribution in [3.63, 3.8) is 0 Å². The van der Waals surface area contributed by atoms with E-state index in [-0.39, 0.29) is 11.9 Å². The second kappa shape index (κ2) is 10.3. The van der Waals surface area contributed by atoms with E-state index in [2.05, 4.69) is 24.1 Å². The molecule has 0 unspecified atom stereocenters. The number of ether oxygens (including phenoxy) is 1. The molecule has 7 heteroatoms. The van der Waals surface area contributed by atoms with Gasteiger partial charge in [-0.2, -0.15) is 0 Å². The molecule has 0 atom stereocenters. The van der Waals surface area contributed by atoms with E-state index in [9.17, 15) is 9.59 Å². The molecule has 3 aromatic rings. The molecule has 0 saturated carbocycles. The number of esters is 1. The van der Waals surface area contributed by atoms with Gasteiger partial charge in [-0.3, -0.25) is 9.78 Å². The molecule has 33 heavy (non-hydrogen) atoms. The van der Waals surface area contributed by atoms with Gasteiger partial charge in [0.2, 0.25) is 0 Å². The summed E-state index contributed by atoms with van der Waals surface area (Å²) < 4.78 is 5.37. The molecule has 4 rings (SSSR count). The fourth-order valence-electron chi connectivity index (χ4n) is 4.27. The molecule has 1 aliphatic carbocycles. The van der Waals surface area contributed by atoms with Crippen LogP contribution in [0.25, 0.3) is 10.9 Å². The van der Waals surface area contributed by atoms with Crippen molar-refractivity contribution in [2.45, 2.75) is 33.1 Å². The summed E-state index contributed by atoms with van der Waals surface area (Å²) in [5, 5.41) is 4.30. The summed E-state index contributed by atoms with van der Waals surface area (Å²) >= 11 is 6.22. The van der Waals surface area contributed by atoms with Gasteiger partial charge in [-0.15, -0.1) is 0 Å². The Labute approximate surface area is 198 Å². The molecule has 0 saturated heterocycles. The third-order valence-electron chi connectivity index (χ3n) is 6.11. The summed E-state index contributed by atoms with van der Waals surface area (Å²) in [6, 6.07) is 12.2. The van der Waals surface area contributed by atoms with Crippen LogP contribution in [0.2, 0.25) is 5.02 Å². The SMILES string of the molecule is CCN(CC)CCOC(=O)c1ccc(NC(=O)c2c3c(nc4ccc(Cl)cc24)CCC3)cc1. The molecule has 1 heterocycles. The minimum absolute atomic E-state index is 0.197. The van der Waals surface area contributed by atoms with Crippen LogP contribution < -0.4 is 5.32 Å². The second-order valence-electron chi connectivity index (χ2n) is 8.12. The molecule has 2 aromatic carbocycles. The molecule has 172 valence electrons. The lowest BCUT2D eigenvalue weighted by Gasteiger charge is -2.17. The van der Waals surface area contributed by atoms with Crippen LogP contribution in [0, 0.1) is 0 Å². The highest BCUT2D eigenvalue weighted by atomic mass is 35.5. The summed E-state index contributed by atoms with van der Waals surface area (Å²) in [7, 11) is 0. The first-order chi connectivity index (χ1) is 16.0. The van der Waals surface area contributed by atoms with Crippen molar-refractivity contribution in [2.24, 2.45) is 0 Å². The Bertz CT molecular complexity index is 1170. The summed E-state index contributed by atoms with van der Waals surface area (Å²) in [5.41, 5.74) is 4.45. The van der Waals surface area contributed by atoms with Crippen molar-refractivity contribution in [3.8, 4) is 0 Å². The van der Waals surface area contributed by atoms with Gasteiger partial charge in [0.15, 0.2) is 0 Å². The number of aryl methyl sites for hydroxylation is 1. The van der Waals surface area contributed by atoms with Crippen LogP contribution in [0.5, 0.6) is 0 Å². The van der Waals surface area contributed by atoms with Gasteiger partial charge in [-0.1, -0.05) is 25.4 Å². The van der Waals surface area contributed by atoms with Gasteiger partial charge in [0, 0.05) is 28.3 Å². The first-order valence-electron chi connectivity index (χ1n) is 11.4. The molecule has 1 aromatic heterocycles. The van der Waals surface area contributed by atoms with E-state index in [0.717, 1.165) is 54.5 Å². The van der Waals surface area contributed by atoms with Crippen LogP contribution in [0.15, 0.2) is 42.5 Å². The Hall–Kier alpha value is -2.96. The van der Waals surface area contributed by atoms with Crippen LogP contribution >= 0.6 is 11.6 Å². The maximum atomic E-state index is 13.3. The summed E-state index contributed by atoms with van der Waals surface area (Å²) in [5.74, 6) is -0.565. The van der Waals surface area contributed by atoms with Crippen LogP contribution in [-0.2, 0) is 17.6 Å². The van der Waals surface area contributed by atoms with Crippen LogP contribution in [-0.4, -0.2) is 48.0 Å². The fraction of sp³-hybridized carbons (Fsp3) is 0.346. The molecule has 1 N–H and O–H groups in total. The molecule has 0 spiro atoms. The number of hydrogen-bond donors (Lipinski definition) is 1. The third kappa shape index (κ3) is 5.18. The first-order valence-corrected chi connectivity index (χ1v) is 11.8. The lowest BCUT2D eigenvalue weighted by atomic mass is 10.0. The number of nitrogens with one attached hydrogen (secondary N) is 1. The number of anilines is 1. The zero-order valence-electron chi connectivity index (χ0n) is 19.0. The highest BCUT2D eigenvalue weighted by Crippen LogP contribution is 2.32. The van der Waals surface area contributed by atoms with Crippen molar-refractivity contribution in [3.05, 3.63) is 69.9 Å². The Morgan fingerprint density at radius 3 is 2.58 bits per heavy atom. The van der Waals surface area contributed by atoms with E-state index < -0.39 is 0 Å². The summed E-state index contributed by atoms with van der Waals surface area (Å²) in [6.45, 7) is 7.06. The van der Waals surface area contributed by atoms with Gasteiger partial charge in [0.1, 0.15) is 6.61 Å². The Morgan fingerprint density at radius 2 is 1.85 bits per heavy atom. The number of pyridine rings is 1. The summed E-state index contributed by atoms with van der Waals surface area (Å²) in [6.07, 6.45) is 2.68. The predicted molar refractivity (Wildman–Crippen MR) is 131 cm³/mol. The number of nitrogens with zero attached hydrogens (tertiary/aromatic N) is 2. The highest BCUT2D eigenvalue weighted by Gasteiger charge is 2.24. The Morgan fingerprint density at radius 1 is 1.09 bits per heavy atom. The Kier molecular flexibility index (Phi) is 7.26. The van der Waals surface area contributed by atoms with Gasteiger partial charge < -0.3 is 15.0 Å². The standard InChI is InChI=1S/C26H28ClN3O3/c1-3-30(4-2)14-15-33-26(32)17-8-11-19(12-9-17)28-25(31)24-20-6-5-7-22(20)29-23-13-10-18(27)16-21(23)24/h8-13,16H,3-7,14-15H2,1-2H3,(H,28,31). The fourth-order valence-corrected chi connectivity index (χ4v) is 4.44. The predicted octanol–water partition coefficient (Wildman–Crippen LogP) is 5.13. The van der Waals surface area contributed by atoms with Gasteiger partial charge >= 0.3 is 5.97 Å². The normalized spacial score (nSPS) is 12.7. The van der Waals surface area contributed by atoms with Gasteiger partial charge in [-0.05, 0) is 80.4 Å². The maximum absolute atomic E-state index is 13.3. The van der Waals surface area contributed by atoms with Crippen LogP contribution in [0.3, 0.4) is 0 Å². The largest absolute Gasteiger partial charge is 0.461 e. The molecular weight excluding hydrogens is 438 g/mol. The quantitative estimate of drug-likeness (QED) is 0.467. The maximum Gasteiger partial charge on any atom is 0.338 e. The molecule has 0 bridgehead atoms. The van der Waals surface area contributed by atoms with Crippen LogP contribution in [0.1, 0.15) is 52.2 Å². The monoisotopic (exact) mass is 465 g/mol. The number of carbonyl (C=O) groups excluding carboxylic acids is 2. The molecular formula is C26H28ClN3O3. The zero-order chi connectivity index (χ0) is 23.4. The smallest absolute Gasteiger partial charge is 0.338 e. The van der Waals surface area contributed by atoms with Gasteiger partial charge in [0.25, 0.3) is 5.91 Å². The summed E-state index contributed by atoms with van der Waals surface area (Å²) in [4.78, 5) is 32.5. The van der Waals surface area contributed by atoms with E-state index in [1.807, 2.05) is 6.07 Å². The lowest BCUT2D eigenvalue weighted by molar-refractivity contribution is 0.0466. The lowest BCUT2D eigenvalue weighted by Crippen LogP contribution is -2.27. The second-order valence-corrected chi connectivity index (χ2v) is 8.56. The van der Waals surface area contributed by atoms with E-state index in [4.69, 9.17) is 21.3 Å². The average molecular weight is 466 g/mol. The van der Waals surface area contributed by atoms with Gasteiger partial charge in [-0.25, -0.2) is 4.79 Å². The van der Waals surface area contributed by atoms with Crippen molar-refractivity contribution < 1.29 is 14.3 Å². The number of halogens is 1. The minimum Gasteiger partial charge on any atom is -0.461 e. The number of rotatable bonds is 8. The number of aromatic nitrogens is 1. The minimum atomic E-state index is -0.368. The van der Waals surface area contributed by atoms with E-state index in [1.165, 1.54) is 0 Å². The molecule has 0 aliphatic heterocycles. The van der Waals surface area contributed by atoms with Crippen molar-refractivity contribution >= 4 is 40.1 Å².